The van der Waals surface area contributed by atoms with Crippen molar-refractivity contribution in [2.24, 2.45) is 5.92 Å². The van der Waals surface area contributed by atoms with E-state index in [9.17, 15) is 10.1 Å². The lowest BCUT2D eigenvalue weighted by molar-refractivity contribution is -0.385. The van der Waals surface area contributed by atoms with Gasteiger partial charge in [0.25, 0.3) is 5.69 Å². The summed E-state index contributed by atoms with van der Waals surface area (Å²) >= 11 is 0. The lowest BCUT2D eigenvalue weighted by Crippen LogP contribution is -2.34. The van der Waals surface area contributed by atoms with Crippen molar-refractivity contribution in [3.8, 4) is 0 Å². The predicted octanol–water partition coefficient (Wildman–Crippen LogP) is 3.60. The fraction of sp³-hybridized carbons (Fsp3) is 0.667. The van der Waals surface area contributed by atoms with Crippen molar-refractivity contribution in [1.29, 1.82) is 0 Å². The Morgan fingerprint density at radius 3 is 2.83 bits per heavy atom. The van der Waals surface area contributed by atoms with Gasteiger partial charge in [-0.05, 0) is 57.2 Å². The molecule has 0 aliphatic carbocycles. The molecule has 5 heteroatoms. The van der Waals surface area contributed by atoms with Crippen molar-refractivity contribution < 1.29 is 4.92 Å². The number of aryl methyl sites for hydroxylation is 1. The Morgan fingerprint density at radius 1 is 1.30 bits per heavy atom. The highest BCUT2D eigenvalue weighted by Gasteiger charge is 2.29. The van der Waals surface area contributed by atoms with E-state index in [2.05, 4.69) is 16.7 Å². The Kier molecular flexibility index (Phi) is 4.85. The number of rotatable bonds is 5. The van der Waals surface area contributed by atoms with Crippen LogP contribution in [0.1, 0.15) is 38.2 Å². The molecule has 0 bridgehead atoms. The highest BCUT2D eigenvalue weighted by molar-refractivity contribution is 5.55. The minimum absolute atomic E-state index is 0.215. The van der Waals surface area contributed by atoms with Gasteiger partial charge in [-0.25, -0.2) is 0 Å². The van der Waals surface area contributed by atoms with Crippen LogP contribution in [0.3, 0.4) is 0 Å². The van der Waals surface area contributed by atoms with E-state index >= 15 is 0 Å². The molecule has 5 nitrogen and oxygen atoms in total. The van der Waals surface area contributed by atoms with Gasteiger partial charge in [-0.1, -0.05) is 6.92 Å². The third kappa shape index (κ3) is 3.50. The fourth-order valence-corrected chi connectivity index (χ4v) is 4.19. The SMILES string of the molecule is CCC1CCCN1CC1CCN(c2ccc([N+](=O)[O-])c(C)c2)C1. The number of nitrogens with zero attached hydrogens (tertiary/aromatic N) is 3. The van der Waals surface area contributed by atoms with E-state index in [4.69, 9.17) is 0 Å². The number of anilines is 1. The van der Waals surface area contributed by atoms with Crippen LogP contribution in [0, 0.1) is 23.0 Å². The first kappa shape index (κ1) is 16.2. The van der Waals surface area contributed by atoms with Crippen molar-refractivity contribution in [1.82, 2.24) is 4.90 Å². The summed E-state index contributed by atoms with van der Waals surface area (Å²) in [5.74, 6) is 0.720. The summed E-state index contributed by atoms with van der Waals surface area (Å²) in [5.41, 5.74) is 2.10. The van der Waals surface area contributed by atoms with E-state index in [-0.39, 0.29) is 10.6 Å². The molecule has 3 rings (SSSR count). The number of nitro groups is 1. The highest BCUT2D eigenvalue weighted by atomic mass is 16.6. The molecule has 0 spiro atoms. The largest absolute Gasteiger partial charge is 0.371 e. The van der Waals surface area contributed by atoms with E-state index in [1.807, 2.05) is 19.1 Å². The monoisotopic (exact) mass is 317 g/mol. The maximum absolute atomic E-state index is 10.9. The zero-order valence-corrected chi connectivity index (χ0v) is 14.2. The third-order valence-electron chi connectivity index (χ3n) is 5.49. The normalized spacial score (nSPS) is 25.2. The molecule has 0 saturated carbocycles. The Hall–Kier alpha value is -1.62. The van der Waals surface area contributed by atoms with Crippen molar-refractivity contribution in [3.63, 3.8) is 0 Å². The Morgan fingerprint density at radius 2 is 2.13 bits per heavy atom. The number of hydrogen-bond acceptors (Lipinski definition) is 4. The molecule has 0 N–H and O–H groups in total. The van der Waals surface area contributed by atoms with Crippen LogP contribution in [0.15, 0.2) is 18.2 Å². The van der Waals surface area contributed by atoms with Crippen LogP contribution < -0.4 is 4.90 Å². The molecular weight excluding hydrogens is 290 g/mol. The number of likely N-dealkylation sites (tertiary alicyclic amines) is 1. The van der Waals surface area contributed by atoms with Crippen LogP contribution in [0.5, 0.6) is 0 Å². The molecule has 2 aliphatic heterocycles. The smallest absolute Gasteiger partial charge is 0.272 e. The first-order valence-electron chi connectivity index (χ1n) is 8.82. The molecule has 2 aliphatic rings. The average Bonchev–Trinajstić information content (AvgIpc) is 3.16. The van der Waals surface area contributed by atoms with Crippen LogP contribution in [-0.2, 0) is 0 Å². The molecule has 1 aromatic rings. The summed E-state index contributed by atoms with van der Waals surface area (Å²) in [6, 6.07) is 6.29. The molecule has 2 heterocycles. The van der Waals surface area contributed by atoms with E-state index in [0.29, 0.717) is 0 Å². The van der Waals surface area contributed by atoms with Gasteiger partial charge in [-0.15, -0.1) is 0 Å². The van der Waals surface area contributed by atoms with Crippen LogP contribution in [-0.4, -0.2) is 42.0 Å². The Bertz CT molecular complexity index is 575. The third-order valence-corrected chi connectivity index (χ3v) is 5.49. The quantitative estimate of drug-likeness (QED) is 0.615. The maximum atomic E-state index is 10.9. The predicted molar refractivity (Wildman–Crippen MR) is 93.0 cm³/mol. The second-order valence-corrected chi connectivity index (χ2v) is 7.03. The second-order valence-electron chi connectivity index (χ2n) is 7.03. The standard InChI is InChI=1S/C18H27N3O2/c1-3-16-5-4-9-19(16)12-15-8-10-20(13-15)17-6-7-18(21(22)23)14(2)11-17/h6-7,11,15-16H,3-5,8-10,12-13H2,1-2H3. The molecular formula is C18H27N3O2. The van der Waals surface area contributed by atoms with Crippen molar-refractivity contribution in [2.45, 2.75) is 45.6 Å². The van der Waals surface area contributed by atoms with Crippen LogP contribution >= 0.6 is 0 Å². The lowest BCUT2D eigenvalue weighted by atomic mass is 10.1. The zero-order valence-electron chi connectivity index (χ0n) is 14.2. The van der Waals surface area contributed by atoms with Crippen LogP contribution in [0.2, 0.25) is 0 Å². The van der Waals surface area contributed by atoms with Crippen LogP contribution in [0.25, 0.3) is 0 Å². The fourth-order valence-electron chi connectivity index (χ4n) is 4.19. The summed E-state index contributed by atoms with van der Waals surface area (Å²) in [4.78, 5) is 15.7. The molecule has 0 aromatic heterocycles. The number of hydrogen-bond donors (Lipinski definition) is 0. The van der Waals surface area contributed by atoms with Crippen molar-refractivity contribution >= 4 is 11.4 Å². The van der Waals surface area contributed by atoms with Gasteiger partial charge in [0.1, 0.15) is 0 Å². The molecule has 23 heavy (non-hydrogen) atoms. The molecule has 1 aromatic carbocycles. The van der Waals surface area contributed by atoms with Gasteiger partial charge in [0.05, 0.1) is 4.92 Å². The molecule has 0 amide bonds. The van der Waals surface area contributed by atoms with Gasteiger partial charge < -0.3 is 9.80 Å². The van der Waals surface area contributed by atoms with Gasteiger partial charge in [0, 0.05) is 43.0 Å². The molecule has 2 fully saturated rings. The van der Waals surface area contributed by atoms with E-state index < -0.39 is 0 Å². The molecule has 2 unspecified atom stereocenters. The van der Waals surface area contributed by atoms with Gasteiger partial charge >= 0.3 is 0 Å². The Balaban J connectivity index is 1.61. The van der Waals surface area contributed by atoms with Gasteiger partial charge in [0.15, 0.2) is 0 Å². The summed E-state index contributed by atoms with van der Waals surface area (Å²) in [7, 11) is 0. The molecule has 2 atom stereocenters. The van der Waals surface area contributed by atoms with E-state index in [1.165, 1.54) is 38.8 Å². The number of benzene rings is 1. The average molecular weight is 317 g/mol. The molecule has 2 saturated heterocycles. The molecule has 126 valence electrons. The van der Waals surface area contributed by atoms with E-state index in [0.717, 1.165) is 36.3 Å². The first-order chi connectivity index (χ1) is 11.1. The molecule has 0 radical (unpaired) electrons. The first-order valence-corrected chi connectivity index (χ1v) is 8.82. The summed E-state index contributed by atoms with van der Waals surface area (Å²) < 4.78 is 0. The van der Waals surface area contributed by atoms with Crippen LogP contribution in [0.4, 0.5) is 11.4 Å². The summed E-state index contributed by atoms with van der Waals surface area (Å²) in [6.07, 6.45) is 5.19. The van der Waals surface area contributed by atoms with Gasteiger partial charge in [-0.3, -0.25) is 10.1 Å². The summed E-state index contributed by atoms with van der Waals surface area (Å²) in [6.45, 7) is 8.72. The minimum atomic E-state index is -0.301. The van der Waals surface area contributed by atoms with Crippen molar-refractivity contribution in [3.05, 3.63) is 33.9 Å². The minimum Gasteiger partial charge on any atom is -0.371 e. The lowest BCUT2D eigenvalue weighted by Gasteiger charge is -2.26. The number of nitro benzene ring substituents is 1. The summed E-state index contributed by atoms with van der Waals surface area (Å²) in [5, 5.41) is 10.9. The Labute approximate surface area is 138 Å². The second kappa shape index (κ2) is 6.87. The zero-order chi connectivity index (χ0) is 16.4. The maximum Gasteiger partial charge on any atom is 0.272 e. The topological polar surface area (TPSA) is 49.6 Å². The van der Waals surface area contributed by atoms with E-state index in [1.54, 1.807) is 6.07 Å². The van der Waals surface area contributed by atoms with Crippen molar-refractivity contribution in [2.75, 3.05) is 31.1 Å². The van der Waals surface area contributed by atoms with Gasteiger partial charge in [-0.2, -0.15) is 0 Å². The highest BCUT2D eigenvalue weighted by Crippen LogP contribution is 2.30. The van der Waals surface area contributed by atoms with Gasteiger partial charge in [0.2, 0.25) is 0 Å².